The molecule has 0 spiro atoms. The van der Waals surface area contributed by atoms with E-state index >= 15 is 0 Å². The van der Waals surface area contributed by atoms with Crippen molar-refractivity contribution in [3.8, 4) is 17.2 Å². The molecule has 3 rings (SSSR count). The first kappa shape index (κ1) is 22.7. The molecule has 1 heterocycles. The van der Waals surface area contributed by atoms with Crippen LogP contribution in [0.4, 0.5) is 0 Å². The van der Waals surface area contributed by atoms with Gasteiger partial charge in [0.2, 0.25) is 0 Å². The van der Waals surface area contributed by atoms with Gasteiger partial charge in [-0.05, 0) is 50.6 Å². The Hall–Kier alpha value is -2.93. The van der Waals surface area contributed by atoms with Crippen molar-refractivity contribution in [2.24, 2.45) is 4.99 Å². The van der Waals surface area contributed by atoms with Crippen LogP contribution in [-0.2, 0) is 13.0 Å². The van der Waals surface area contributed by atoms with E-state index in [1.165, 1.54) is 5.56 Å². The van der Waals surface area contributed by atoms with Gasteiger partial charge in [0.1, 0.15) is 23.4 Å². The fourth-order valence-electron chi connectivity index (χ4n) is 3.54. The second kappa shape index (κ2) is 10.9. The number of fused-ring (bicyclic) bond motifs is 1. The molecule has 2 aromatic rings. The Balaban J connectivity index is 1.68. The van der Waals surface area contributed by atoms with Gasteiger partial charge < -0.3 is 30.0 Å². The summed E-state index contributed by atoms with van der Waals surface area (Å²) in [4.78, 5) is 4.69. The Kier molecular flexibility index (Phi) is 8.00. The first-order chi connectivity index (χ1) is 15.0. The number of nitrogens with one attached hydrogen (secondary N) is 2. The second-order valence-electron chi connectivity index (χ2n) is 7.50. The number of hydrogen-bond donors (Lipinski definition) is 3. The summed E-state index contributed by atoms with van der Waals surface area (Å²) in [5.74, 6) is 3.15. The monoisotopic (exact) mass is 427 g/mol. The van der Waals surface area contributed by atoms with Crippen LogP contribution in [0.25, 0.3) is 0 Å². The smallest absolute Gasteiger partial charge is 0.191 e. The topological polar surface area (TPSA) is 84.3 Å². The van der Waals surface area contributed by atoms with Crippen LogP contribution in [0.1, 0.15) is 43.6 Å². The normalized spacial score (nSPS) is 16.3. The van der Waals surface area contributed by atoms with Crippen molar-refractivity contribution in [2.45, 2.75) is 45.9 Å². The van der Waals surface area contributed by atoms with Gasteiger partial charge in [0.15, 0.2) is 5.96 Å². The lowest BCUT2D eigenvalue weighted by Gasteiger charge is -2.16. The van der Waals surface area contributed by atoms with Gasteiger partial charge >= 0.3 is 0 Å². The van der Waals surface area contributed by atoms with E-state index in [1.807, 2.05) is 44.2 Å². The van der Waals surface area contributed by atoms with E-state index in [-0.39, 0.29) is 6.10 Å². The van der Waals surface area contributed by atoms with Crippen LogP contribution in [-0.4, -0.2) is 44.0 Å². The van der Waals surface area contributed by atoms with Gasteiger partial charge in [0, 0.05) is 30.6 Å². The number of guanidine groups is 1. The molecule has 3 N–H and O–H groups in total. The molecule has 7 heteroatoms. The molecule has 0 saturated heterocycles. The molecule has 2 unspecified atom stereocenters. The van der Waals surface area contributed by atoms with Gasteiger partial charge in [-0.2, -0.15) is 0 Å². The minimum absolute atomic E-state index is 0.182. The molecule has 168 valence electrons. The summed E-state index contributed by atoms with van der Waals surface area (Å²) in [5, 5.41) is 16.9. The second-order valence-corrected chi connectivity index (χ2v) is 7.50. The van der Waals surface area contributed by atoms with Gasteiger partial charge in [-0.25, -0.2) is 4.99 Å². The van der Waals surface area contributed by atoms with E-state index in [2.05, 4.69) is 23.6 Å². The average Bonchev–Trinajstić information content (AvgIpc) is 3.14. The summed E-state index contributed by atoms with van der Waals surface area (Å²) in [6.45, 7) is 8.14. The molecule has 0 radical (unpaired) electrons. The Bertz CT molecular complexity index is 883. The third kappa shape index (κ3) is 6.04. The molecule has 0 bridgehead atoms. The van der Waals surface area contributed by atoms with Crippen molar-refractivity contribution in [3.05, 3.63) is 53.1 Å². The molecule has 0 fully saturated rings. The number of ether oxygens (including phenoxy) is 3. The Labute approximate surface area is 184 Å². The van der Waals surface area contributed by atoms with Crippen LogP contribution < -0.4 is 24.8 Å². The molecule has 2 aromatic carbocycles. The fraction of sp³-hybridized carbons (Fsp3) is 0.458. The van der Waals surface area contributed by atoms with Gasteiger partial charge in [-0.15, -0.1) is 0 Å². The van der Waals surface area contributed by atoms with E-state index in [1.54, 1.807) is 7.11 Å². The van der Waals surface area contributed by atoms with E-state index in [0.29, 0.717) is 32.2 Å². The lowest BCUT2D eigenvalue weighted by atomic mass is 10.1. The Morgan fingerprint density at radius 2 is 2.00 bits per heavy atom. The summed E-state index contributed by atoms with van der Waals surface area (Å²) < 4.78 is 16.9. The molecule has 1 aliphatic rings. The van der Waals surface area contributed by atoms with E-state index in [0.717, 1.165) is 34.8 Å². The summed E-state index contributed by atoms with van der Waals surface area (Å²) in [6.07, 6.45) is 0.414. The van der Waals surface area contributed by atoms with Crippen LogP contribution >= 0.6 is 0 Å². The Morgan fingerprint density at radius 1 is 1.23 bits per heavy atom. The molecular weight excluding hydrogens is 394 g/mol. The third-order valence-electron chi connectivity index (χ3n) is 5.09. The standard InChI is InChI=1S/C24H33N3O4/c1-5-25-24(27-15-21(28)17-7-9-20(29-4)10-8-17)26-14-19-13-23-18(11-16(3)31-23)12-22(19)30-6-2/h7-10,12-13,16,21,28H,5-6,11,14-15H2,1-4H3,(H2,25,26,27). The third-order valence-corrected chi connectivity index (χ3v) is 5.09. The van der Waals surface area contributed by atoms with Crippen LogP contribution in [0.5, 0.6) is 17.2 Å². The van der Waals surface area contributed by atoms with Gasteiger partial charge in [0.05, 0.1) is 26.4 Å². The molecule has 1 aliphatic heterocycles. The number of methoxy groups -OCH3 is 1. The van der Waals surface area contributed by atoms with Crippen molar-refractivity contribution in [1.29, 1.82) is 0 Å². The van der Waals surface area contributed by atoms with Crippen LogP contribution in [0, 0.1) is 0 Å². The van der Waals surface area contributed by atoms with E-state index in [4.69, 9.17) is 19.2 Å². The van der Waals surface area contributed by atoms with E-state index in [9.17, 15) is 5.11 Å². The minimum atomic E-state index is -0.663. The van der Waals surface area contributed by atoms with Gasteiger partial charge in [-0.3, -0.25) is 0 Å². The number of nitrogens with zero attached hydrogens (tertiary/aromatic N) is 1. The van der Waals surface area contributed by atoms with Crippen molar-refractivity contribution in [2.75, 3.05) is 26.8 Å². The molecule has 0 amide bonds. The fourth-order valence-corrected chi connectivity index (χ4v) is 3.54. The van der Waals surface area contributed by atoms with Crippen molar-refractivity contribution in [1.82, 2.24) is 10.6 Å². The van der Waals surface area contributed by atoms with Crippen LogP contribution in [0.2, 0.25) is 0 Å². The van der Waals surface area contributed by atoms with Gasteiger partial charge in [0.25, 0.3) is 0 Å². The van der Waals surface area contributed by atoms with Crippen molar-refractivity contribution < 1.29 is 19.3 Å². The Morgan fingerprint density at radius 3 is 2.68 bits per heavy atom. The summed E-state index contributed by atoms with van der Waals surface area (Å²) >= 11 is 0. The highest BCUT2D eigenvalue weighted by Gasteiger charge is 2.21. The number of rotatable bonds is 9. The average molecular weight is 428 g/mol. The zero-order valence-electron chi connectivity index (χ0n) is 18.8. The number of hydrogen-bond acceptors (Lipinski definition) is 5. The van der Waals surface area contributed by atoms with E-state index < -0.39 is 6.10 Å². The maximum Gasteiger partial charge on any atom is 0.191 e. The lowest BCUT2D eigenvalue weighted by Crippen LogP contribution is -2.39. The van der Waals surface area contributed by atoms with Crippen molar-refractivity contribution >= 4 is 5.96 Å². The molecule has 0 aromatic heterocycles. The predicted molar refractivity (Wildman–Crippen MR) is 122 cm³/mol. The zero-order valence-corrected chi connectivity index (χ0v) is 18.8. The maximum absolute atomic E-state index is 10.5. The molecular formula is C24H33N3O4. The summed E-state index contributed by atoms with van der Waals surface area (Å²) in [6, 6.07) is 11.5. The lowest BCUT2D eigenvalue weighted by molar-refractivity contribution is 0.180. The van der Waals surface area contributed by atoms with Crippen molar-refractivity contribution in [3.63, 3.8) is 0 Å². The SMILES string of the molecule is CCNC(=NCc1cc2c(cc1OCC)CC(C)O2)NCC(O)c1ccc(OC)cc1. The quantitative estimate of drug-likeness (QED) is 0.421. The highest BCUT2D eigenvalue weighted by atomic mass is 16.5. The highest BCUT2D eigenvalue weighted by Crippen LogP contribution is 2.35. The molecule has 31 heavy (non-hydrogen) atoms. The number of aliphatic hydroxyl groups excluding tert-OH is 1. The first-order valence-corrected chi connectivity index (χ1v) is 10.8. The van der Waals surface area contributed by atoms with Gasteiger partial charge in [-0.1, -0.05) is 12.1 Å². The largest absolute Gasteiger partial charge is 0.497 e. The molecule has 0 aliphatic carbocycles. The number of benzene rings is 2. The zero-order chi connectivity index (χ0) is 22.2. The number of aliphatic imine (C=N–C) groups is 1. The molecule has 0 saturated carbocycles. The first-order valence-electron chi connectivity index (χ1n) is 10.8. The van der Waals surface area contributed by atoms with Crippen LogP contribution in [0.15, 0.2) is 41.4 Å². The number of aliphatic hydroxyl groups is 1. The van der Waals surface area contributed by atoms with Crippen LogP contribution in [0.3, 0.4) is 0 Å². The minimum Gasteiger partial charge on any atom is -0.497 e. The molecule has 2 atom stereocenters. The predicted octanol–water partition coefficient (Wildman–Crippen LogP) is 3.21. The molecule has 7 nitrogen and oxygen atoms in total. The summed E-state index contributed by atoms with van der Waals surface area (Å²) in [7, 11) is 1.62. The summed E-state index contributed by atoms with van der Waals surface area (Å²) in [5.41, 5.74) is 2.96. The maximum atomic E-state index is 10.5. The highest BCUT2D eigenvalue weighted by molar-refractivity contribution is 5.79.